The molecular formula is C27H28ClF6NO5. The predicted octanol–water partition coefficient (Wildman–Crippen LogP) is 6.10. The van der Waals surface area contributed by atoms with Crippen molar-refractivity contribution in [2.75, 3.05) is 39.6 Å². The first-order valence-electron chi connectivity index (χ1n) is 12.3. The van der Waals surface area contributed by atoms with Crippen molar-refractivity contribution >= 4 is 24.5 Å². The van der Waals surface area contributed by atoms with E-state index in [9.17, 15) is 36.2 Å². The highest BCUT2D eigenvalue weighted by molar-refractivity contribution is 5.85. The maximum atomic E-state index is 14.9. The molecule has 0 unspecified atom stereocenters. The van der Waals surface area contributed by atoms with Crippen LogP contribution in [-0.4, -0.2) is 61.7 Å². The fraction of sp³-hybridized carbons (Fsp3) is 0.444. The summed E-state index contributed by atoms with van der Waals surface area (Å²) in [7, 11) is 0. The van der Waals surface area contributed by atoms with Gasteiger partial charge in [-0.05, 0) is 48.7 Å². The minimum atomic E-state index is -4.85. The van der Waals surface area contributed by atoms with E-state index in [0.29, 0.717) is 19.5 Å². The minimum Gasteiger partial charge on any atom is -0.489 e. The van der Waals surface area contributed by atoms with Gasteiger partial charge in [0.2, 0.25) is 0 Å². The molecule has 0 aliphatic carbocycles. The van der Waals surface area contributed by atoms with Gasteiger partial charge in [-0.3, -0.25) is 9.69 Å². The Hall–Kier alpha value is -3.12. The van der Waals surface area contributed by atoms with E-state index in [0.717, 1.165) is 36.7 Å². The highest BCUT2D eigenvalue weighted by Crippen LogP contribution is 2.38. The van der Waals surface area contributed by atoms with E-state index < -0.39 is 54.6 Å². The number of carboxylic acid groups (broad SMARTS) is 1. The van der Waals surface area contributed by atoms with Crippen LogP contribution in [0.3, 0.4) is 0 Å². The number of rotatable bonds is 10. The van der Waals surface area contributed by atoms with E-state index in [1.54, 1.807) is 6.08 Å². The molecule has 0 aromatic heterocycles. The molecule has 220 valence electrons. The largest absolute Gasteiger partial charge is 0.489 e. The fourth-order valence-electron chi connectivity index (χ4n) is 4.55. The molecular weight excluding hydrogens is 568 g/mol. The molecule has 6 nitrogen and oxygen atoms in total. The quantitative estimate of drug-likeness (QED) is 0.335. The molecule has 2 heterocycles. The number of ether oxygens (including phenoxy) is 3. The number of likely N-dealkylation sites (tertiary alicyclic amines) is 1. The molecule has 2 aromatic rings. The van der Waals surface area contributed by atoms with Crippen molar-refractivity contribution in [3.63, 3.8) is 0 Å². The van der Waals surface area contributed by atoms with Gasteiger partial charge in [0.25, 0.3) is 0 Å². The van der Waals surface area contributed by atoms with Gasteiger partial charge < -0.3 is 19.3 Å². The average molecular weight is 596 g/mol. The summed E-state index contributed by atoms with van der Waals surface area (Å²) in [5, 5.41) is 9.27. The molecule has 0 amide bonds. The minimum absolute atomic E-state index is 0. The van der Waals surface area contributed by atoms with Crippen LogP contribution in [0, 0.1) is 11.7 Å². The predicted molar refractivity (Wildman–Crippen MR) is 136 cm³/mol. The smallest absolute Gasteiger partial charge is 0.419 e. The first-order valence-corrected chi connectivity index (χ1v) is 12.3. The summed E-state index contributed by atoms with van der Waals surface area (Å²) in [6, 6.07) is 5.50. The first-order chi connectivity index (χ1) is 18.6. The second-order valence-corrected chi connectivity index (χ2v) is 9.49. The van der Waals surface area contributed by atoms with Gasteiger partial charge >= 0.3 is 12.1 Å². The Morgan fingerprint density at radius 3 is 2.60 bits per heavy atom. The summed E-state index contributed by atoms with van der Waals surface area (Å²) in [4.78, 5) is 13.3. The van der Waals surface area contributed by atoms with E-state index >= 15 is 0 Å². The van der Waals surface area contributed by atoms with Crippen molar-refractivity contribution in [2.24, 2.45) is 5.92 Å². The van der Waals surface area contributed by atoms with Gasteiger partial charge in [-0.15, -0.1) is 12.4 Å². The molecule has 2 aliphatic rings. The molecule has 2 aromatic carbocycles. The van der Waals surface area contributed by atoms with Crippen LogP contribution in [0.5, 0.6) is 17.2 Å². The van der Waals surface area contributed by atoms with Crippen LogP contribution in [0.4, 0.5) is 26.3 Å². The standard InChI is InChI=1S/C27H27F6NO5.ClH/c28-10-20(11-29)39-24-4-3-16(7-22(24)27(31,32)33)14-37-19-8-23(30)21-6-17(15-38-25(21)9-19)12-34-5-1-2-18(13-34)26(35)36;/h3-4,6-9,18,20H,1-2,5,10-15H2,(H,35,36);1H/t18-;/m0./s1. The molecule has 4 rings (SSSR count). The van der Waals surface area contributed by atoms with Gasteiger partial charge in [-0.25, -0.2) is 13.2 Å². The maximum Gasteiger partial charge on any atom is 0.419 e. The number of aliphatic carboxylic acids is 1. The summed E-state index contributed by atoms with van der Waals surface area (Å²) in [6.45, 7) is -1.17. The Kier molecular flexibility index (Phi) is 10.6. The first kappa shape index (κ1) is 31.4. The number of carboxylic acids is 1. The maximum absolute atomic E-state index is 14.9. The molecule has 1 saturated heterocycles. The van der Waals surface area contributed by atoms with E-state index in [-0.39, 0.29) is 48.2 Å². The molecule has 1 fully saturated rings. The monoisotopic (exact) mass is 595 g/mol. The lowest BCUT2D eigenvalue weighted by Gasteiger charge is -2.32. The molecule has 0 spiro atoms. The van der Waals surface area contributed by atoms with Gasteiger partial charge in [-0.2, -0.15) is 13.2 Å². The Labute approximate surface area is 232 Å². The summed E-state index contributed by atoms with van der Waals surface area (Å²) in [6.07, 6.45) is -3.47. The normalized spacial score (nSPS) is 17.4. The van der Waals surface area contributed by atoms with Gasteiger partial charge in [0.1, 0.15) is 49.6 Å². The number of hydrogen-bond acceptors (Lipinski definition) is 5. The number of fused-ring (bicyclic) bond motifs is 1. The van der Waals surface area contributed by atoms with Gasteiger partial charge in [0.15, 0.2) is 6.10 Å². The number of nitrogens with zero attached hydrogens (tertiary/aromatic N) is 1. The van der Waals surface area contributed by atoms with Crippen molar-refractivity contribution in [3.05, 3.63) is 58.4 Å². The summed E-state index contributed by atoms with van der Waals surface area (Å²) in [5.74, 6) is -2.38. The number of carbonyl (C=O) groups is 1. The highest BCUT2D eigenvalue weighted by Gasteiger charge is 2.35. The number of halogens is 7. The molecule has 2 aliphatic heterocycles. The molecule has 0 saturated carbocycles. The van der Waals surface area contributed by atoms with Gasteiger partial charge in [-0.1, -0.05) is 6.07 Å². The van der Waals surface area contributed by atoms with Crippen LogP contribution in [0.15, 0.2) is 35.9 Å². The second-order valence-electron chi connectivity index (χ2n) is 9.49. The van der Waals surface area contributed by atoms with Crippen LogP contribution in [0.25, 0.3) is 6.08 Å². The van der Waals surface area contributed by atoms with E-state index in [2.05, 4.69) is 0 Å². The molecule has 0 bridgehead atoms. The fourth-order valence-corrected chi connectivity index (χ4v) is 4.55. The number of piperidine rings is 1. The lowest BCUT2D eigenvalue weighted by molar-refractivity contribution is -0.143. The third-order valence-electron chi connectivity index (χ3n) is 6.50. The summed E-state index contributed by atoms with van der Waals surface area (Å²) < 4.78 is 97.0. The molecule has 13 heteroatoms. The van der Waals surface area contributed by atoms with Crippen LogP contribution in [-0.2, 0) is 17.6 Å². The average Bonchev–Trinajstić information content (AvgIpc) is 2.91. The lowest BCUT2D eigenvalue weighted by Crippen LogP contribution is -2.40. The zero-order chi connectivity index (χ0) is 28.2. The second kappa shape index (κ2) is 13.5. The third-order valence-corrected chi connectivity index (χ3v) is 6.50. The summed E-state index contributed by atoms with van der Waals surface area (Å²) >= 11 is 0. The zero-order valence-electron chi connectivity index (χ0n) is 21.2. The van der Waals surface area contributed by atoms with Crippen LogP contribution in [0.1, 0.15) is 29.5 Å². The van der Waals surface area contributed by atoms with Crippen LogP contribution in [0.2, 0.25) is 0 Å². The van der Waals surface area contributed by atoms with E-state index in [4.69, 9.17) is 14.2 Å². The van der Waals surface area contributed by atoms with Crippen molar-refractivity contribution in [3.8, 4) is 17.2 Å². The molecule has 40 heavy (non-hydrogen) atoms. The lowest BCUT2D eigenvalue weighted by atomic mass is 9.97. The van der Waals surface area contributed by atoms with Crippen molar-refractivity contribution in [1.29, 1.82) is 0 Å². The van der Waals surface area contributed by atoms with Crippen molar-refractivity contribution in [1.82, 2.24) is 4.90 Å². The van der Waals surface area contributed by atoms with Crippen molar-refractivity contribution in [2.45, 2.75) is 31.7 Å². The topological polar surface area (TPSA) is 68.2 Å². The van der Waals surface area contributed by atoms with Gasteiger partial charge in [0.05, 0.1) is 17.0 Å². The third kappa shape index (κ3) is 7.75. The molecule has 1 N–H and O–H groups in total. The van der Waals surface area contributed by atoms with E-state index in [1.807, 2.05) is 4.90 Å². The van der Waals surface area contributed by atoms with Crippen LogP contribution < -0.4 is 14.2 Å². The van der Waals surface area contributed by atoms with Gasteiger partial charge in [0, 0.05) is 25.2 Å². The Balaban J connectivity index is 0.00000441. The Morgan fingerprint density at radius 2 is 1.93 bits per heavy atom. The summed E-state index contributed by atoms with van der Waals surface area (Å²) in [5.41, 5.74) is -0.150. The van der Waals surface area contributed by atoms with Crippen LogP contribution >= 0.6 is 12.4 Å². The molecule has 0 radical (unpaired) electrons. The SMILES string of the molecule is Cl.O=C(O)[C@H]1CCCN(CC2=Cc3c(F)cc(OCc4ccc(OC(CF)CF)c(C(F)(F)F)c4)cc3OC2)C1. The van der Waals surface area contributed by atoms with Crippen molar-refractivity contribution < 1.29 is 50.5 Å². The number of benzene rings is 2. The highest BCUT2D eigenvalue weighted by atomic mass is 35.5. The van der Waals surface area contributed by atoms with E-state index in [1.165, 1.54) is 12.1 Å². The Morgan fingerprint density at radius 1 is 1.18 bits per heavy atom. The zero-order valence-corrected chi connectivity index (χ0v) is 22.0. The molecule has 1 atom stereocenters. The Bertz CT molecular complexity index is 1220. The number of hydrogen-bond donors (Lipinski definition) is 1. The number of alkyl halides is 5.